The van der Waals surface area contributed by atoms with Crippen LogP contribution in [0.15, 0.2) is 71.9 Å². The summed E-state index contributed by atoms with van der Waals surface area (Å²) in [7, 11) is -3.54. The van der Waals surface area contributed by atoms with Gasteiger partial charge in [0.1, 0.15) is 5.65 Å². The number of imidazole rings is 1. The Kier molecular flexibility index (Phi) is 4.22. The normalized spacial score (nSPS) is 12.0. The van der Waals surface area contributed by atoms with Crippen LogP contribution in [0.3, 0.4) is 0 Å². The number of hydrogen-bond donors (Lipinski definition) is 1. The number of hydrogen-bond acceptors (Lipinski definition) is 3. The van der Waals surface area contributed by atoms with E-state index in [-0.39, 0.29) is 4.90 Å². The second kappa shape index (κ2) is 6.55. The number of aromatic nitrogens is 2. The number of sulfonamides is 1. The lowest BCUT2D eigenvalue weighted by Gasteiger charge is -2.07. The van der Waals surface area contributed by atoms with Gasteiger partial charge in [0, 0.05) is 25.4 Å². The van der Waals surface area contributed by atoms with Crippen LogP contribution in [0.5, 0.6) is 0 Å². The molecule has 26 heavy (non-hydrogen) atoms. The Hall–Kier alpha value is -2.70. The van der Waals surface area contributed by atoms with Crippen molar-refractivity contribution in [1.29, 1.82) is 0 Å². The molecule has 0 spiro atoms. The Labute approximate surface area is 152 Å². The molecule has 0 unspecified atom stereocenters. The van der Waals surface area contributed by atoms with Crippen molar-refractivity contribution in [2.45, 2.75) is 18.2 Å². The molecule has 0 saturated heterocycles. The molecule has 5 nitrogen and oxygen atoms in total. The highest BCUT2D eigenvalue weighted by Gasteiger charge is 2.14. The highest BCUT2D eigenvalue weighted by molar-refractivity contribution is 7.89. The fourth-order valence-electron chi connectivity index (χ4n) is 2.99. The summed E-state index contributed by atoms with van der Waals surface area (Å²) in [6.45, 7) is 2.32. The Bertz CT molecular complexity index is 1200. The summed E-state index contributed by atoms with van der Waals surface area (Å²) in [6.07, 6.45) is 4.42. The lowest BCUT2D eigenvalue weighted by Crippen LogP contribution is -2.26. The van der Waals surface area contributed by atoms with E-state index in [0.717, 1.165) is 27.7 Å². The standard InChI is InChI=1S/C20H19N3O2S/c1-15-9-11-23-14-18(22-20(23)12-15)8-10-21-26(24,25)19-7-6-16-4-2-3-5-17(16)13-19/h2-7,9,11-14,21H,8,10H2,1H3. The van der Waals surface area contributed by atoms with E-state index in [0.29, 0.717) is 13.0 Å². The molecule has 4 rings (SSSR count). The van der Waals surface area contributed by atoms with Crippen molar-refractivity contribution < 1.29 is 8.42 Å². The maximum Gasteiger partial charge on any atom is 0.240 e. The van der Waals surface area contributed by atoms with Gasteiger partial charge in [0.15, 0.2) is 0 Å². The van der Waals surface area contributed by atoms with E-state index in [1.807, 2.05) is 66.2 Å². The summed E-state index contributed by atoms with van der Waals surface area (Å²) in [5, 5.41) is 1.93. The minimum Gasteiger partial charge on any atom is -0.307 e. The van der Waals surface area contributed by atoms with E-state index in [1.54, 1.807) is 12.1 Å². The highest BCUT2D eigenvalue weighted by atomic mass is 32.2. The number of aryl methyl sites for hydroxylation is 1. The largest absolute Gasteiger partial charge is 0.307 e. The third-order valence-electron chi connectivity index (χ3n) is 4.37. The van der Waals surface area contributed by atoms with Crippen LogP contribution in [0.2, 0.25) is 0 Å². The minimum atomic E-state index is -3.54. The van der Waals surface area contributed by atoms with Gasteiger partial charge in [-0.05, 0) is 47.5 Å². The van der Waals surface area contributed by atoms with E-state index >= 15 is 0 Å². The van der Waals surface area contributed by atoms with Gasteiger partial charge in [-0.2, -0.15) is 0 Å². The molecule has 0 atom stereocenters. The smallest absolute Gasteiger partial charge is 0.240 e. The van der Waals surface area contributed by atoms with Crippen LogP contribution in [0.4, 0.5) is 0 Å². The van der Waals surface area contributed by atoms with E-state index in [9.17, 15) is 8.42 Å². The molecule has 0 saturated carbocycles. The number of nitrogens with one attached hydrogen (secondary N) is 1. The molecule has 2 heterocycles. The molecule has 0 amide bonds. The number of fused-ring (bicyclic) bond motifs is 2. The molecule has 6 heteroatoms. The molecule has 0 aliphatic heterocycles. The highest BCUT2D eigenvalue weighted by Crippen LogP contribution is 2.18. The van der Waals surface area contributed by atoms with E-state index in [1.165, 1.54) is 0 Å². The molecular formula is C20H19N3O2S. The van der Waals surface area contributed by atoms with Gasteiger partial charge < -0.3 is 4.40 Å². The van der Waals surface area contributed by atoms with Crippen molar-refractivity contribution in [3.63, 3.8) is 0 Å². The molecular weight excluding hydrogens is 346 g/mol. The van der Waals surface area contributed by atoms with Gasteiger partial charge in [-0.1, -0.05) is 30.3 Å². The molecule has 2 aromatic carbocycles. The van der Waals surface area contributed by atoms with Gasteiger partial charge in [0.25, 0.3) is 0 Å². The van der Waals surface area contributed by atoms with Crippen molar-refractivity contribution in [1.82, 2.24) is 14.1 Å². The van der Waals surface area contributed by atoms with E-state index in [2.05, 4.69) is 9.71 Å². The van der Waals surface area contributed by atoms with Gasteiger partial charge in [-0.25, -0.2) is 18.1 Å². The van der Waals surface area contributed by atoms with E-state index < -0.39 is 10.0 Å². The Balaban J connectivity index is 1.48. The summed E-state index contributed by atoms with van der Waals surface area (Å²) in [6, 6.07) is 16.9. The van der Waals surface area contributed by atoms with Gasteiger partial charge in [0.2, 0.25) is 10.0 Å². The molecule has 0 aliphatic carbocycles. The Morgan fingerprint density at radius 2 is 1.85 bits per heavy atom. The quantitative estimate of drug-likeness (QED) is 0.590. The molecule has 1 N–H and O–H groups in total. The maximum absolute atomic E-state index is 12.5. The van der Waals surface area contributed by atoms with Crippen LogP contribution in [-0.2, 0) is 16.4 Å². The fraction of sp³-hybridized carbons (Fsp3) is 0.150. The molecule has 0 fully saturated rings. The minimum absolute atomic E-state index is 0.279. The Morgan fingerprint density at radius 1 is 1.04 bits per heavy atom. The van der Waals surface area contributed by atoms with Gasteiger partial charge in [-0.3, -0.25) is 0 Å². The summed E-state index contributed by atoms with van der Waals surface area (Å²) in [5.41, 5.74) is 2.88. The van der Waals surface area contributed by atoms with Gasteiger partial charge >= 0.3 is 0 Å². The zero-order chi connectivity index (χ0) is 18.1. The monoisotopic (exact) mass is 365 g/mol. The topological polar surface area (TPSA) is 63.5 Å². The van der Waals surface area contributed by atoms with Crippen molar-refractivity contribution in [3.8, 4) is 0 Å². The molecule has 0 radical (unpaired) electrons. The first-order valence-electron chi connectivity index (χ1n) is 8.44. The second-order valence-electron chi connectivity index (χ2n) is 6.36. The average molecular weight is 365 g/mol. The van der Waals surface area contributed by atoms with Crippen LogP contribution in [0, 0.1) is 6.92 Å². The first-order valence-corrected chi connectivity index (χ1v) is 9.92. The Morgan fingerprint density at radius 3 is 2.69 bits per heavy atom. The molecule has 132 valence electrons. The van der Waals surface area contributed by atoms with Crippen molar-refractivity contribution >= 4 is 26.4 Å². The lowest BCUT2D eigenvalue weighted by atomic mass is 10.1. The van der Waals surface area contributed by atoms with Crippen molar-refractivity contribution in [3.05, 3.63) is 78.2 Å². The molecule has 0 bridgehead atoms. The lowest BCUT2D eigenvalue weighted by molar-refractivity contribution is 0.581. The first-order chi connectivity index (χ1) is 12.5. The summed E-state index contributed by atoms with van der Waals surface area (Å²) < 4.78 is 29.7. The molecule has 0 aliphatic rings. The van der Waals surface area contributed by atoms with Gasteiger partial charge in [-0.15, -0.1) is 0 Å². The molecule has 4 aromatic rings. The van der Waals surface area contributed by atoms with Crippen molar-refractivity contribution in [2.75, 3.05) is 6.54 Å². The number of pyridine rings is 1. The predicted octanol–water partition coefficient (Wildman–Crippen LogP) is 3.32. The number of benzene rings is 2. The van der Waals surface area contributed by atoms with Crippen molar-refractivity contribution in [2.24, 2.45) is 0 Å². The van der Waals surface area contributed by atoms with Crippen LogP contribution in [-0.4, -0.2) is 24.3 Å². The average Bonchev–Trinajstić information content (AvgIpc) is 3.03. The third-order valence-corrected chi connectivity index (χ3v) is 5.83. The van der Waals surface area contributed by atoms with Crippen LogP contribution >= 0.6 is 0 Å². The first kappa shape index (κ1) is 16.8. The maximum atomic E-state index is 12.5. The van der Waals surface area contributed by atoms with E-state index in [4.69, 9.17) is 0 Å². The number of rotatable bonds is 5. The zero-order valence-electron chi connectivity index (χ0n) is 14.4. The predicted molar refractivity (Wildman–Crippen MR) is 103 cm³/mol. The SMILES string of the molecule is Cc1ccn2cc(CCNS(=O)(=O)c3ccc4ccccc4c3)nc2c1. The zero-order valence-corrected chi connectivity index (χ0v) is 15.2. The summed E-state index contributed by atoms with van der Waals surface area (Å²) in [5.74, 6) is 0. The van der Waals surface area contributed by atoms with Gasteiger partial charge in [0.05, 0.1) is 10.6 Å². The molecule has 2 aromatic heterocycles. The second-order valence-corrected chi connectivity index (χ2v) is 8.13. The summed E-state index contributed by atoms with van der Waals surface area (Å²) >= 11 is 0. The van der Waals surface area contributed by atoms with Crippen LogP contribution in [0.25, 0.3) is 16.4 Å². The fourth-order valence-corrected chi connectivity index (χ4v) is 4.05. The number of nitrogens with zero attached hydrogens (tertiary/aromatic N) is 2. The summed E-state index contributed by atoms with van der Waals surface area (Å²) in [4.78, 5) is 4.81. The third kappa shape index (κ3) is 3.34. The van der Waals surface area contributed by atoms with Crippen LogP contribution in [0.1, 0.15) is 11.3 Å². The van der Waals surface area contributed by atoms with Crippen LogP contribution < -0.4 is 4.72 Å².